The molecule has 4 heteroatoms. The SMILES string of the molecule is Nc1ccc(-c2cccc3c2CN(C2CCCOC2)C3=O)cc1. The molecule has 0 aromatic heterocycles. The Hall–Kier alpha value is -2.33. The molecule has 1 fully saturated rings. The molecule has 118 valence electrons. The summed E-state index contributed by atoms with van der Waals surface area (Å²) in [5.41, 5.74) is 10.7. The molecule has 2 aliphatic heterocycles. The van der Waals surface area contributed by atoms with Crippen molar-refractivity contribution in [1.29, 1.82) is 0 Å². The first kappa shape index (κ1) is 14.3. The van der Waals surface area contributed by atoms with Gasteiger partial charge >= 0.3 is 0 Å². The van der Waals surface area contributed by atoms with Gasteiger partial charge in [-0.15, -0.1) is 0 Å². The van der Waals surface area contributed by atoms with Gasteiger partial charge in [-0.3, -0.25) is 4.79 Å². The van der Waals surface area contributed by atoms with Crippen LogP contribution >= 0.6 is 0 Å². The third-order valence-corrected chi connectivity index (χ3v) is 4.79. The number of benzene rings is 2. The molecule has 4 nitrogen and oxygen atoms in total. The van der Waals surface area contributed by atoms with Crippen LogP contribution in [0.2, 0.25) is 0 Å². The van der Waals surface area contributed by atoms with Gasteiger partial charge in [0.2, 0.25) is 0 Å². The second-order valence-electron chi connectivity index (χ2n) is 6.26. The molecule has 4 rings (SSSR count). The number of anilines is 1. The molecule has 23 heavy (non-hydrogen) atoms. The Bertz CT molecular complexity index is 734. The number of carbonyl (C=O) groups excluding carboxylic acids is 1. The van der Waals surface area contributed by atoms with Crippen LogP contribution in [0.3, 0.4) is 0 Å². The highest BCUT2D eigenvalue weighted by Gasteiger charge is 2.34. The van der Waals surface area contributed by atoms with Crippen molar-refractivity contribution in [3.8, 4) is 11.1 Å². The van der Waals surface area contributed by atoms with Crippen molar-refractivity contribution in [2.24, 2.45) is 0 Å². The molecule has 0 saturated carbocycles. The quantitative estimate of drug-likeness (QED) is 0.868. The molecule has 0 aliphatic carbocycles. The molecule has 2 N–H and O–H groups in total. The minimum Gasteiger partial charge on any atom is -0.399 e. The fourth-order valence-electron chi connectivity index (χ4n) is 3.55. The standard InChI is InChI=1S/C19H20N2O2/c20-14-8-6-13(7-9-14)16-4-1-5-17-18(16)11-21(19(17)22)15-3-2-10-23-12-15/h1,4-9,15H,2-3,10-12,20H2. The number of ether oxygens (including phenoxy) is 1. The van der Waals surface area contributed by atoms with Crippen molar-refractivity contribution >= 4 is 11.6 Å². The lowest BCUT2D eigenvalue weighted by Gasteiger charge is -2.30. The number of nitrogens with two attached hydrogens (primary N) is 1. The Balaban J connectivity index is 1.70. The van der Waals surface area contributed by atoms with E-state index in [0.717, 1.165) is 47.4 Å². The average Bonchev–Trinajstić information content (AvgIpc) is 2.94. The number of hydrogen-bond donors (Lipinski definition) is 1. The lowest BCUT2D eigenvalue weighted by molar-refractivity contribution is 0.0179. The lowest BCUT2D eigenvalue weighted by atomic mass is 9.97. The minimum absolute atomic E-state index is 0.132. The fourth-order valence-corrected chi connectivity index (χ4v) is 3.55. The second kappa shape index (κ2) is 5.70. The van der Waals surface area contributed by atoms with Gasteiger partial charge in [-0.05, 0) is 47.7 Å². The number of amides is 1. The van der Waals surface area contributed by atoms with Crippen molar-refractivity contribution in [2.75, 3.05) is 18.9 Å². The van der Waals surface area contributed by atoms with E-state index in [9.17, 15) is 4.79 Å². The first-order chi connectivity index (χ1) is 11.2. The van der Waals surface area contributed by atoms with Crippen LogP contribution in [0.5, 0.6) is 0 Å². The Morgan fingerprint density at radius 3 is 2.61 bits per heavy atom. The summed E-state index contributed by atoms with van der Waals surface area (Å²) in [6.45, 7) is 2.13. The molecule has 2 aliphatic rings. The Morgan fingerprint density at radius 2 is 1.87 bits per heavy atom. The number of nitrogen functional groups attached to an aromatic ring is 1. The third kappa shape index (κ3) is 2.49. The van der Waals surface area contributed by atoms with E-state index in [-0.39, 0.29) is 11.9 Å². The third-order valence-electron chi connectivity index (χ3n) is 4.79. The van der Waals surface area contributed by atoms with E-state index in [4.69, 9.17) is 10.5 Å². The Kier molecular flexibility index (Phi) is 3.54. The molecule has 0 bridgehead atoms. The van der Waals surface area contributed by atoms with Crippen LogP contribution in [0.1, 0.15) is 28.8 Å². The zero-order valence-corrected chi connectivity index (χ0v) is 13.0. The van der Waals surface area contributed by atoms with Crippen LogP contribution < -0.4 is 5.73 Å². The van der Waals surface area contributed by atoms with Gasteiger partial charge in [-0.1, -0.05) is 24.3 Å². The number of rotatable bonds is 2. The van der Waals surface area contributed by atoms with Crippen LogP contribution in [0, 0.1) is 0 Å². The van der Waals surface area contributed by atoms with E-state index in [0.29, 0.717) is 13.2 Å². The van der Waals surface area contributed by atoms with E-state index < -0.39 is 0 Å². The van der Waals surface area contributed by atoms with Crippen molar-refractivity contribution in [1.82, 2.24) is 4.90 Å². The second-order valence-corrected chi connectivity index (χ2v) is 6.26. The first-order valence-electron chi connectivity index (χ1n) is 8.10. The summed E-state index contributed by atoms with van der Waals surface area (Å²) in [5.74, 6) is 0.132. The molecule has 1 unspecified atom stereocenters. The van der Waals surface area contributed by atoms with Gasteiger partial charge in [0, 0.05) is 24.4 Å². The first-order valence-corrected chi connectivity index (χ1v) is 8.10. The summed E-state index contributed by atoms with van der Waals surface area (Å²) in [4.78, 5) is 14.8. The Labute approximate surface area is 135 Å². The van der Waals surface area contributed by atoms with Crippen LogP contribution in [0.25, 0.3) is 11.1 Å². The topological polar surface area (TPSA) is 55.6 Å². The summed E-state index contributed by atoms with van der Waals surface area (Å²) in [6.07, 6.45) is 2.05. The number of hydrogen-bond acceptors (Lipinski definition) is 3. The molecule has 2 heterocycles. The van der Waals surface area contributed by atoms with Gasteiger partial charge in [-0.25, -0.2) is 0 Å². The molecule has 0 radical (unpaired) electrons. The van der Waals surface area contributed by atoms with E-state index in [1.165, 1.54) is 0 Å². The van der Waals surface area contributed by atoms with Crippen LogP contribution in [0.15, 0.2) is 42.5 Å². The number of fused-ring (bicyclic) bond motifs is 1. The van der Waals surface area contributed by atoms with Crippen molar-refractivity contribution in [2.45, 2.75) is 25.4 Å². The van der Waals surface area contributed by atoms with E-state index in [2.05, 4.69) is 6.07 Å². The highest BCUT2D eigenvalue weighted by Crippen LogP contribution is 2.34. The van der Waals surface area contributed by atoms with Crippen molar-refractivity contribution in [3.05, 3.63) is 53.6 Å². The summed E-state index contributed by atoms with van der Waals surface area (Å²) in [6, 6.07) is 14.0. The number of carbonyl (C=O) groups is 1. The van der Waals surface area contributed by atoms with Crippen molar-refractivity contribution in [3.63, 3.8) is 0 Å². The zero-order chi connectivity index (χ0) is 15.8. The van der Waals surface area contributed by atoms with Gasteiger partial charge in [0.15, 0.2) is 0 Å². The van der Waals surface area contributed by atoms with E-state index in [1.54, 1.807) is 0 Å². The highest BCUT2D eigenvalue weighted by molar-refractivity contribution is 6.00. The summed E-state index contributed by atoms with van der Waals surface area (Å²) in [7, 11) is 0. The molecule has 2 aromatic rings. The maximum atomic E-state index is 12.8. The van der Waals surface area contributed by atoms with Crippen LogP contribution in [0.4, 0.5) is 5.69 Å². The summed E-state index contributed by atoms with van der Waals surface area (Å²) < 4.78 is 5.56. The fraction of sp³-hybridized carbons (Fsp3) is 0.316. The molecule has 2 aromatic carbocycles. The zero-order valence-electron chi connectivity index (χ0n) is 13.0. The van der Waals surface area contributed by atoms with Crippen molar-refractivity contribution < 1.29 is 9.53 Å². The monoisotopic (exact) mass is 308 g/mol. The van der Waals surface area contributed by atoms with Gasteiger partial charge in [0.25, 0.3) is 5.91 Å². The smallest absolute Gasteiger partial charge is 0.254 e. The summed E-state index contributed by atoms with van der Waals surface area (Å²) in [5, 5.41) is 0. The molecular formula is C19H20N2O2. The average molecular weight is 308 g/mol. The van der Waals surface area contributed by atoms with Gasteiger partial charge in [0.1, 0.15) is 0 Å². The Morgan fingerprint density at radius 1 is 1.09 bits per heavy atom. The predicted octanol–water partition coefficient (Wildman–Crippen LogP) is 3.07. The normalized spacial score (nSPS) is 20.6. The molecule has 1 atom stereocenters. The van der Waals surface area contributed by atoms with Gasteiger partial charge in [-0.2, -0.15) is 0 Å². The maximum Gasteiger partial charge on any atom is 0.254 e. The molecular weight excluding hydrogens is 288 g/mol. The number of nitrogens with zero attached hydrogens (tertiary/aromatic N) is 1. The van der Waals surface area contributed by atoms with E-state index in [1.807, 2.05) is 41.3 Å². The summed E-state index contributed by atoms with van der Waals surface area (Å²) >= 11 is 0. The molecule has 1 amide bonds. The molecule has 0 spiro atoms. The largest absolute Gasteiger partial charge is 0.399 e. The predicted molar refractivity (Wildman–Crippen MR) is 90.0 cm³/mol. The van der Waals surface area contributed by atoms with Crippen LogP contribution in [-0.4, -0.2) is 30.1 Å². The maximum absolute atomic E-state index is 12.8. The van der Waals surface area contributed by atoms with E-state index >= 15 is 0 Å². The highest BCUT2D eigenvalue weighted by atomic mass is 16.5. The molecule has 1 saturated heterocycles. The van der Waals surface area contributed by atoms with Gasteiger partial charge in [0.05, 0.1) is 12.6 Å². The van der Waals surface area contributed by atoms with Gasteiger partial charge < -0.3 is 15.4 Å². The van der Waals surface area contributed by atoms with Crippen LogP contribution in [-0.2, 0) is 11.3 Å². The minimum atomic E-state index is 0.132. The lowest BCUT2D eigenvalue weighted by Crippen LogP contribution is -2.41.